The number of carbonyl (C=O) groups excluding carboxylic acids is 2. The lowest BCUT2D eigenvalue weighted by Gasteiger charge is -2.39. The third-order valence-electron chi connectivity index (χ3n) is 12.5. The number of hydrogen-bond acceptors (Lipinski definition) is 6. The molecule has 1 aromatic heterocycles. The fraction of sp³-hybridized carbons (Fsp3) is 0.568. The highest BCUT2D eigenvalue weighted by molar-refractivity contribution is 7.87. The number of hydrogen-bond donors (Lipinski definition) is 1. The number of methoxy groups -OCH3 is 1. The second kappa shape index (κ2) is 11.3. The molecule has 3 saturated heterocycles. The molecule has 2 aliphatic carbocycles. The maximum atomic E-state index is 14.8. The van der Waals surface area contributed by atoms with Gasteiger partial charge in [0.25, 0.3) is 5.91 Å². The SMILES string of the molecule is COc1ccc2c(c1)C1CC1(C(=O)N1CCN3CCC[C@@H]3C1)Cn1c-2c(C2CCCCC2)c2ccc(C(=O)NS(=O)(=O)N3CCC3)cc21. The van der Waals surface area contributed by atoms with Crippen LogP contribution in [0.5, 0.6) is 5.75 Å². The fourth-order valence-electron chi connectivity index (χ4n) is 9.68. The molecule has 0 spiro atoms. The molecule has 4 aliphatic heterocycles. The van der Waals surface area contributed by atoms with Crippen LogP contribution in [0.2, 0.25) is 0 Å². The Labute approximate surface area is 282 Å². The molecule has 1 N–H and O–H groups in total. The maximum Gasteiger partial charge on any atom is 0.304 e. The molecule has 5 heterocycles. The molecule has 2 aromatic carbocycles. The van der Waals surface area contributed by atoms with Crippen LogP contribution >= 0.6 is 0 Å². The molecule has 3 aromatic rings. The Morgan fingerprint density at radius 1 is 0.917 bits per heavy atom. The Kier molecular flexibility index (Phi) is 7.22. The number of fused-ring (bicyclic) bond motifs is 8. The Hall–Kier alpha value is -3.41. The Bertz CT molecular complexity index is 1930. The average Bonchev–Trinajstić information content (AvgIpc) is 3.48. The number of nitrogens with one attached hydrogen (secondary N) is 1. The van der Waals surface area contributed by atoms with Gasteiger partial charge in [0.2, 0.25) is 5.91 Å². The van der Waals surface area contributed by atoms with Gasteiger partial charge < -0.3 is 14.2 Å². The van der Waals surface area contributed by atoms with Crippen LogP contribution in [-0.2, 0) is 21.5 Å². The zero-order chi connectivity index (χ0) is 32.8. The molecule has 48 heavy (non-hydrogen) atoms. The van der Waals surface area contributed by atoms with Gasteiger partial charge in [0.1, 0.15) is 5.75 Å². The van der Waals surface area contributed by atoms with Crippen LogP contribution in [0.3, 0.4) is 0 Å². The lowest BCUT2D eigenvalue weighted by Crippen LogP contribution is -2.54. The van der Waals surface area contributed by atoms with Crippen LogP contribution in [0, 0.1) is 5.41 Å². The van der Waals surface area contributed by atoms with E-state index in [1.807, 2.05) is 18.2 Å². The van der Waals surface area contributed by atoms with E-state index in [0.717, 1.165) is 86.2 Å². The third-order valence-corrected chi connectivity index (χ3v) is 13.9. The van der Waals surface area contributed by atoms with Crippen molar-refractivity contribution in [3.63, 3.8) is 0 Å². The first-order valence-electron chi connectivity index (χ1n) is 18.0. The number of ether oxygens (including phenoxy) is 1. The van der Waals surface area contributed by atoms with Crippen LogP contribution < -0.4 is 9.46 Å². The first kappa shape index (κ1) is 30.6. The molecule has 11 heteroatoms. The molecular weight excluding hydrogens is 627 g/mol. The highest BCUT2D eigenvalue weighted by Crippen LogP contribution is 2.66. The highest BCUT2D eigenvalue weighted by atomic mass is 32.2. The number of benzene rings is 2. The summed E-state index contributed by atoms with van der Waals surface area (Å²) < 4.78 is 37.4. The molecule has 6 aliphatic rings. The predicted octanol–water partition coefficient (Wildman–Crippen LogP) is 4.84. The van der Waals surface area contributed by atoms with Crippen LogP contribution in [0.25, 0.3) is 22.2 Å². The molecule has 5 fully saturated rings. The minimum atomic E-state index is -3.89. The van der Waals surface area contributed by atoms with E-state index in [-0.39, 0.29) is 11.8 Å². The van der Waals surface area contributed by atoms with Crippen molar-refractivity contribution >= 4 is 32.9 Å². The third kappa shape index (κ3) is 4.75. The van der Waals surface area contributed by atoms with Crippen LogP contribution in [0.15, 0.2) is 36.4 Å². The van der Waals surface area contributed by atoms with Gasteiger partial charge in [-0.1, -0.05) is 25.3 Å². The molecule has 10 nitrogen and oxygen atoms in total. The molecular formula is C37H45N5O5S. The molecule has 2 unspecified atom stereocenters. The summed E-state index contributed by atoms with van der Waals surface area (Å²) >= 11 is 0. The number of piperazine rings is 1. The van der Waals surface area contributed by atoms with Crippen molar-refractivity contribution in [3.8, 4) is 17.0 Å². The minimum absolute atomic E-state index is 0.0824. The molecule has 2 saturated carbocycles. The van der Waals surface area contributed by atoms with E-state index < -0.39 is 21.5 Å². The van der Waals surface area contributed by atoms with Gasteiger partial charge in [-0.25, -0.2) is 4.72 Å². The van der Waals surface area contributed by atoms with Crippen LogP contribution in [0.4, 0.5) is 0 Å². The smallest absolute Gasteiger partial charge is 0.304 e. The monoisotopic (exact) mass is 671 g/mol. The van der Waals surface area contributed by atoms with E-state index >= 15 is 0 Å². The Morgan fingerprint density at radius 2 is 1.75 bits per heavy atom. The van der Waals surface area contributed by atoms with Gasteiger partial charge in [0.15, 0.2) is 0 Å². The van der Waals surface area contributed by atoms with Crippen molar-refractivity contribution in [2.24, 2.45) is 5.41 Å². The van der Waals surface area contributed by atoms with Gasteiger partial charge in [-0.15, -0.1) is 0 Å². The summed E-state index contributed by atoms with van der Waals surface area (Å²) in [4.78, 5) is 33.0. The Balaban J connectivity index is 1.19. The second-order valence-corrected chi connectivity index (χ2v) is 16.7. The first-order valence-corrected chi connectivity index (χ1v) is 19.4. The van der Waals surface area contributed by atoms with E-state index in [1.54, 1.807) is 13.2 Å². The molecule has 0 bridgehead atoms. The number of aromatic nitrogens is 1. The number of amides is 2. The quantitative estimate of drug-likeness (QED) is 0.403. The van der Waals surface area contributed by atoms with Crippen molar-refractivity contribution in [1.82, 2.24) is 23.4 Å². The predicted molar refractivity (Wildman–Crippen MR) is 183 cm³/mol. The number of nitrogens with zero attached hydrogens (tertiary/aromatic N) is 4. The fourth-order valence-corrected chi connectivity index (χ4v) is 10.9. The maximum absolute atomic E-state index is 14.8. The van der Waals surface area contributed by atoms with E-state index in [2.05, 4.69) is 31.2 Å². The molecule has 9 rings (SSSR count). The van der Waals surface area contributed by atoms with Crippen molar-refractivity contribution in [2.75, 3.05) is 46.4 Å². The van der Waals surface area contributed by atoms with Crippen molar-refractivity contribution < 1.29 is 22.7 Å². The zero-order valence-corrected chi connectivity index (χ0v) is 28.6. The summed E-state index contributed by atoms with van der Waals surface area (Å²) in [5, 5.41) is 1.10. The minimum Gasteiger partial charge on any atom is -0.497 e. The van der Waals surface area contributed by atoms with Gasteiger partial charge in [-0.2, -0.15) is 12.7 Å². The molecule has 3 atom stereocenters. The second-order valence-electron chi connectivity index (χ2n) is 15.1. The first-order chi connectivity index (χ1) is 23.3. The van der Waals surface area contributed by atoms with Crippen LogP contribution in [-0.4, -0.2) is 91.3 Å². The number of rotatable bonds is 6. The van der Waals surface area contributed by atoms with Gasteiger partial charge >= 0.3 is 10.2 Å². The standard InChI is InChI=1S/C37H45N5O5S/c1-47-27-11-13-28-30(20-27)31-21-37(31,36(44)40-18-17-39-14-5-9-26(39)22-40)23-42-32-19-25(35(43)38-48(45,46)41-15-6-16-41)10-12-29(32)33(34(28)42)24-7-3-2-4-8-24/h10-13,19-20,24,26,31H,2-9,14-18,21-23H2,1H3,(H,38,43)/t26-,31?,37?/m1/s1. The van der Waals surface area contributed by atoms with E-state index in [4.69, 9.17) is 4.74 Å². The average molecular weight is 672 g/mol. The summed E-state index contributed by atoms with van der Waals surface area (Å²) in [7, 11) is -2.19. The van der Waals surface area contributed by atoms with Gasteiger partial charge in [0.05, 0.1) is 18.2 Å². The van der Waals surface area contributed by atoms with Crippen molar-refractivity contribution in [2.45, 2.75) is 82.2 Å². The summed E-state index contributed by atoms with van der Waals surface area (Å²) in [6, 6.07) is 12.5. The number of carbonyl (C=O) groups is 2. The molecule has 2 amide bonds. The summed E-state index contributed by atoms with van der Waals surface area (Å²) in [5.74, 6) is 0.875. The lowest BCUT2D eigenvalue weighted by atomic mass is 9.81. The normalized spacial score (nSPS) is 27.3. The lowest BCUT2D eigenvalue weighted by molar-refractivity contribution is -0.140. The Morgan fingerprint density at radius 3 is 2.52 bits per heavy atom. The van der Waals surface area contributed by atoms with Gasteiger partial charge in [-0.3, -0.25) is 14.5 Å². The van der Waals surface area contributed by atoms with Crippen LogP contribution in [0.1, 0.15) is 91.1 Å². The summed E-state index contributed by atoms with van der Waals surface area (Å²) in [5.41, 5.74) is 5.42. The van der Waals surface area contributed by atoms with Gasteiger partial charge in [-0.05, 0) is 92.4 Å². The van der Waals surface area contributed by atoms with E-state index in [9.17, 15) is 18.0 Å². The molecule has 0 radical (unpaired) electrons. The van der Waals surface area contributed by atoms with E-state index in [1.165, 1.54) is 41.1 Å². The largest absolute Gasteiger partial charge is 0.497 e. The van der Waals surface area contributed by atoms with Gasteiger partial charge in [0, 0.05) is 73.3 Å². The summed E-state index contributed by atoms with van der Waals surface area (Å²) in [6.07, 6.45) is 9.73. The van der Waals surface area contributed by atoms with Crippen molar-refractivity contribution in [3.05, 3.63) is 53.1 Å². The topological polar surface area (TPSA) is 104 Å². The van der Waals surface area contributed by atoms with E-state index in [0.29, 0.717) is 37.2 Å². The highest BCUT2D eigenvalue weighted by Gasteiger charge is 2.64. The zero-order valence-electron chi connectivity index (χ0n) is 27.7. The summed E-state index contributed by atoms with van der Waals surface area (Å²) in [6.45, 7) is 5.01. The van der Waals surface area contributed by atoms with Crippen molar-refractivity contribution in [1.29, 1.82) is 0 Å². The molecule has 254 valence electrons.